The van der Waals surface area contributed by atoms with E-state index in [1.165, 1.54) is 0 Å². The van der Waals surface area contributed by atoms with E-state index >= 15 is 0 Å². The summed E-state index contributed by atoms with van der Waals surface area (Å²) in [5, 5.41) is 0. The Morgan fingerprint density at radius 1 is 1.36 bits per heavy atom. The van der Waals surface area contributed by atoms with Gasteiger partial charge in [0, 0.05) is 13.2 Å². The number of halogens is 1. The molecule has 70 valence electrons. The number of hydrogen-bond donors (Lipinski definition) is 1. The SMILES string of the molecule is CCOCCC(C)CCN.Cl. The zero-order valence-corrected chi connectivity index (χ0v) is 8.32. The Morgan fingerprint density at radius 3 is 2.45 bits per heavy atom. The van der Waals surface area contributed by atoms with Crippen LogP contribution in [-0.2, 0) is 4.74 Å². The lowest BCUT2D eigenvalue weighted by Crippen LogP contribution is -2.08. The lowest BCUT2D eigenvalue weighted by Gasteiger charge is -2.08. The Morgan fingerprint density at radius 2 is 2.00 bits per heavy atom. The molecule has 0 heterocycles. The van der Waals surface area contributed by atoms with Gasteiger partial charge in [-0.1, -0.05) is 6.92 Å². The van der Waals surface area contributed by atoms with Gasteiger partial charge in [0.2, 0.25) is 0 Å². The van der Waals surface area contributed by atoms with E-state index in [0.29, 0.717) is 0 Å². The van der Waals surface area contributed by atoms with Crippen LogP contribution in [0.3, 0.4) is 0 Å². The molecule has 0 aliphatic heterocycles. The third-order valence-corrected chi connectivity index (χ3v) is 1.62. The van der Waals surface area contributed by atoms with Gasteiger partial charge >= 0.3 is 0 Å². The second kappa shape index (κ2) is 10.2. The van der Waals surface area contributed by atoms with Crippen LogP contribution in [0.4, 0.5) is 0 Å². The molecular weight excluding hydrogens is 162 g/mol. The quantitative estimate of drug-likeness (QED) is 0.635. The predicted octanol–water partition coefficient (Wildman–Crippen LogP) is 1.82. The highest BCUT2D eigenvalue weighted by Crippen LogP contribution is 2.05. The van der Waals surface area contributed by atoms with E-state index < -0.39 is 0 Å². The van der Waals surface area contributed by atoms with Gasteiger partial charge in [-0.15, -0.1) is 12.4 Å². The summed E-state index contributed by atoms with van der Waals surface area (Å²) < 4.78 is 5.21. The highest BCUT2D eigenvalue weighted by atomic mass is 35.5. The summed E-state index contributed by atoms with van der Waals surface area (Å²) in [5.74, 6) is 0.719. The van der Waals surface area contributed by atoms with Crippen molar-refractivity contribution < 1.29 is 4.74 Å². The summed E-state index contributed by atoms with van der Waals surface area (Å²) in [6.45, 7) is 6.75. The van der Waals surface area contributed by atoms with E-state index in [9.17, 15) is 0 Å². The average molecular weight is 182 g/mol. The maximum absolute atomic E-state index is 5.39. The predicted molar refractivity (Wildman–Crippen MR) is 51.2 cm³/mol. The molecule has 2 N–H and O–H groups in total. The first-order valence-electron chi connectivity index (χ1n) is 4.09. The molecule has 0 bridgehead atoms. The van der Waals surface area contributed by atoms with Crippen LogP contribution in [0.2, 0.25) is 0 Å². The molecule has 2 nitrogen and oxygen atoms in total. The number of nitrogens with two attached hydrogens (primary N) is 1. The Labute approximate surface area is 75.9 Å². The Hall–Kier alpha value is 0.210. The maximum Gasteiger partial charge on any atom is 0.0468 e. The summed E-state index contributed by atoms with van der Waals surface area (Å²) in [7, 11) is 0. The van der Waals surface area contributed by atoms with Crippen molar-refractivity contribution in [3.8, 4) is 0 Å². The van der Waals surface area contributed by atoms with Crippen molar-refractivity contribution in [2.75, 3.05) is 19.8 Å². The molecule has 0 fully saturated rings. The Bertz CT molecular complexity index is 71.1. The van der Waals surface area contributed by atoms with Crippen LogP contribution in [0.1, 0.15) is 26.7 Å². The molecule has 0 amide bonds. The maximum atomic E-state index is 5.39. The molecule has 0 aliphatic carbocycles. The zero-order chi connectivity index (χ0) is 7.82. The highest BCUT2D eigenvalue weighted by Gasteiger charge is 1.98. The first-order valence-corrected chi connectivity index (χ1v) is 4.09. The number of rotatable bonds is 6. The van der Waals surface area contributed by atoms with Gasteiger partial charge in [0.15, 0.2) is 0 Å². The van der Waals surface area contributed by atoms with Crippen molar-refractivity contribution in [1.29, 1.82) is 0 Å². The highest BCUT2D eigenvalue weighted by molar-refractivity contribution is 5.85. The molecule has 3 heteroatoms. The standard InChI is InChI=1S/C8H19NO.ClH/c1-3-10-7-5-8(2)4-6-9;/h8H,3-7,9H2,1-2H3;1H. The van der Waals surface area contributed by atoms with Crippen molar-refractivity contribution in [3.63, 3.8) is 0 Å². The summed E-state index contributed by atoms with van der Waals surface area (Å²) in [5.41, 5.74) is 5.39. The van der Waals surface area contributed by atoms with Crippen molar-refractivity contribution >= 4 is 12.4 Å². The fraction of sp³-hybridized carbons (Fsp3) is 1.00. The molecule has 0 aromatic carbocycles. The minimum absolute atomic E-state index is 0. The topological polar surface area (TPSA) is 35.2 Å². The van der Waals surface area contributed by atoms with Gasteiger partial charge < -0.3 is 10.5 Å². The van der Waals surface area contributed by atoms with E-state index in [1.807, 2.05) is 6.92 Å². The Kier molecular flexibility index (Phi) is 12.8. The normalized spacial score (nSPS) is 12.3. The average Bonchev–Trinajstić information content (AvgIpc) is 1.89. The molecule has 0 saturated heterocycles. The van der Waals surface area contributed by atoms with Crippen LogP contribution in [0, 0.1) is 5.92 Å². The second-order valence-electron chi connectivity index (χ2n) is 2.67. The van der Waals surface area contributed by atoms with E-state index in [1.54, 1.807) is 0 Å². The van der Waals surface area contributed by atoms with Gasteiger partial charge in [-0.2, -0.15) is 0 Å². The van der Waals surface area contributed by atoms with Crippen LogP contribution in [-0.4, -0.2) is 19.8 Å². The van der Waals surface area contributed by atoms with Crippen LogP contribution in [0.25, 0.3) is 0 Å². The van der Waals surface area contributed by atoms with E-state index in [-0.39, 0.29) is 12.4 Å². The molecule has 11 heavy (non-hydrogen) atoms. The second-order valence-corrected chi connectivity index (χ2v) is 2.67. The van der Waals surface area contributed by atoms with Crippen LogP contribution in [0.15, 0.2) is 0 Å². The van der Waals surface area contributed by atoms with Crippen LogP contribution < -0.4 is 5.73 Å². The minimum atomic E-state index is 0. The molecule has 1 atom stereocenters. The van der Waals surface area contributed by atoms with Crippen LogP contribution in [0.5, 0.6) is 0 Å². The van der Waals surface area contributed by atoms with Gasteiger partial charge in [0.25, 0.3) is 0 Å². The lowest BCUT2D eigenvalue weighted by atomic mass is 10.1. The number of hydrogen-bond acceptors (Lipinski definition) is 2. The zero-order valence-electron chi connectivity index (χ0n) is 7.51. The molecule has 0 rings (SSSR count). The summed E-state index contributed by atoms with van der Waals surface area (Å²) in [6, 6.07) is 0. The minimum Gasteiger partial charge on any atom is -0.382 e. The smallest absolute Gasteiger partial charge is 0.0468 e. The largest absolute Gasteiger partial charge is 0.382 e. The summed E-state index contributed by atoms with van der Waals surface area (Å²) >= 11 is 0. The molecule has 0 aromatic rings. The van der Waals surface area contributed by atoms with Gasteiger partial charge in [-0.05, 0) is 32.2 Å². The molecule has 1 unspecified atom stereocenters. The van der Waals surface area contributed by atoms with Crippen molar-refractivity contribution in [3.05, 3.63) is 0 Å². The van der Waals surface area contributed by atoms with Crippen molar-refractivity contribution in [2.45, 2.75) is 26.7 Å². The van der Waals surface area contributed by atoms with Crippen molar-refractivity contribution in [1.82, 2.24) is 0 Å². The van der Waals surface area contributed by atoms with Gasteiger partial charge in [-0.25, -0.2) is 0 Å². The molecule has 0 saturated carbocycles. The first kappa shape index (κ1) is 13.8. The molecular formula is C8H20ClNO. The third-order valence-electron chi connectivity index (χ3n) is 1.62. The van der Waals surface area contributed by atoms with E-state index in [2.05, 4.69) is 6.92 Å². The van der Waals surface area contributed by atoms with E-state index in [0.717, 1.165) is 38.5 Å². The van der Waals surface area contributed by atoms with Gasteiger partial charge in [-0.3, -0.25) is 0 Å². The molecule has 0 aromatic heterocycles. The third kappa shape index (κ3) is 10.2. The molecule has 0 spiro atoms. The summed E-state index contributed by atoms with van der Waals surface area (Å²) in [4.78, 5) is 0. The molecule has 0 radical (unpaired) electrons. The monoisotopic (exact) mass is 181 g/mol. The van der Waals surface area contributed by atoms with E-state index in [4.69, 9.17) is 10.5 Å². The van der Waals surface area contributed by atoms with Gasteiger partial charge in [0.1, 0.15) is 0 Å². The molecule has 0 aliphatic rings. The van der Waals surface area contributed by atoms with Crippen molar-refractivity contribution in [2.24, 2.45) is 11.7 Å². The lowest BCUT2D eigenvalue weighted by molar-refractivity contribution is 0.133. The first-order chi connectivity index (χ1) is 4.81. The fourth-order valence-corrected chi connectivity index (χ4v) is 0.858. The number of ether oxygens (including phenoxy) is 1. The van der Waals surface area contributed by atoms with Crippen LogP contribution >= 0.6 is 12.4 Å². The fourth-order valence-electron chi connectivity index (χ4n) is 0.858. The Balaban J connectivity index is 0. The summed E-state index contributed by atoms with van der Waals surface area (Å²) in [6.07, 6.45) is 2.26. The van der Waals surface area contributed by atoms with Gasteiger partial charge in [0.05, 0.1) is 0 Å².